The van der Waals surface area contributed by atoms with E-state index >= 15 is 0 Å². The van der Waals surface area contributed by atoms with Crippen LogP contribution in [0, 0.1) is 0 Å². The Morgan fingerprint density at radius 3 is 2.50 bits per heavy atom. The topological polar surface area (TPSA) is 72.2 Å². The second kappa shape index (κ2) is 6.14. The predicted molar refractivity (Wildman–Crippen MR) is 82.7 cm³/mol. The van der Waals surface area contributed by atoms with Crippen LogP contribution in [0.15, 0.2) is 29.2 Å². The van der Waals surface area contributed by atoms with Crippen LogP contribution in [0.4, 0.5) is 5.69 Å². The minimum atomic E-state index is -3.20. The average Bonchev–Trinajstić information content (AvgIpc) is 2.46. The molecule has 0 unspecified atom stereocenters. The lowest BCUT2D eigenvalue weighted by atomic mass is 9.82. The molecule has 0 saturated heterocycles. The highest BCUT2D eigenvalue weighted by molar-refractivity contribution is 7.91. The first-order valence-electron chi connectivity index (χ1n) is 7.31. The molecule has 1 aromatic carbocycles. The molecule has 0 aliphatic heterocycles. The molecule has 1 saturated carbocycles. The fourth-order valence-corrected chi connectivity index (χ4v) is 3.82. The molecule has 0 aromatic heterocycles. The maximum absolute atomic E-state index is 12.1. The van der Waals surface area contributed by atoms with Crippen molar-refractivity contribution in [1.82, 2.24) is 0 Å². The second-order valence-corrected chi connectivity index (χ2v) is 7.92. The number of hydrogen-bond donors (Lipinski definition) is 2. The molecule has 4 nitrogen and oxygen atoms in total. The summed E-state index contributed by atoms with van der Waals surface area (Å²) < 4.78 is 24.2. The zero-order chi connectivity index (χ0) is 14.6. The first-order chi connectivity index (χ1) is 9.47. The number of anilines is 1. The first-order valence-corrected chi connectivity index (χ1v) is 8.97. The smallest absolute Gasteiger partial charge is 0.180 e. The first kappa shape index (κ1) is 15.3. The van der Waals surface area contributed by atoms with Crippen molar-refractivity contribution in [3.63, 3.8) is 0 Å². The van der Waals surface area contributed by atoms with Crippen molar-refractivity contribution in [2.24, 2.45) is 5.73 Å². The summed E-state index contributed by atoms with van der Waals surface area (Å²) in [5.41, 5.74) is 6.85. The number of nitrogens with one attached hydrogen (secondary N) is 1. The maximum atomic E-state index is 12.1. The lowest BCUT2D eigenvalue weighted by Crippen LogP contribution is -2.47. The standard InChI is InChI=1S/C15H24N2O2S/c1-2-20(18,19)14-9-5-4-8-13(14)17-12-15(16)10-6-3-7-11-15/h4-5,8-9,17H,2-3,6-7,10-12,16H2,1H3. The molecule has 5 heteroatoms. The molecule has 2 rings (SSSR count). The summed E-state index contributed by atoms with van der Waals surface area (Å²) in [4.78, 5) is 0.377. The fourth-order valence-electron chi connectivity index (χ4n) is 2.74. The van der Waals surface area contributed by atoms with E-state index in [9.17, 15) is 8.42 Å². The van der Waals surface area contributed by atoms with Gasteiger partial charge >= 0.3 is 0 Å². The normalized spacial score (nSPS) is 18.7. The summed E-state index contributed by atoms with van der Waals surface area (Å²) in [7, 11) is -3.20. The van der Waals surface area contributed by atoms with Gasteiger partial charge in [-0.05, 0) is 25.0 Å². The molecule has 0 radical (unpaired) electrons. The van der Waals surface area contributed by atoms with Crippen molar-refractivity contribution in [2.75, 3.05) is 17.6 Å². The lowest BCUT2D eigenvalue weighted by Gasteiger charge is -2.34. The Labute approximate surface area is 121 Å². The lowest BCUT2D eigenvalue weighted by molar-refractivity contribution is 0.311. The van der Waals surface area contributed by atoms with E-state index in [1.807, 2.05) is 12.1 Å². The minimum absolute atomic E-state index is 0.111. The summed E-state index contributed by atoms with van der Waals surface area (Å²) in [6, 6.07) is 7.08. The molecule has 0 heterocycles. The molecule has 1 aliphatic carbocycles. The number of sulfone groups is 1. The Balaban J connectivity index is 2.14. The Kier molecular flexibility index (Phi) is 4.70. The van der Waals surface area contributed by atoms with Gasteiger partial charge in [-0.15, -0.1) is 0 Å². The molecule has 1 fully saturated rings. The van der Waals surface area contributed by atoms with Crippen LogP contribution in [0.1, 0.15) is 39.0 Å². The van der Waals surface area contributed by atoms with Crippen LogP contribution in [0.25, 0.3) is 0 Å². The van der Waals surface area contributed by atoms with Gasteiger partial charge in [-0.1, -0.05) is 38.3 Å². The van der Waals surface area contributed by atoms with Gasteiger partial charge in [0, 0.05) is 12.1 Å². The SMILES string of the molecule is CCS(=O)(=O)c1ccccc1NCC1(N)CCCCC1. The Bertz CT molecular complexity index is 549. The van der Waals surface area contributed by atoms with Gasteiger partial charge < -0.3 is 11.1 Å². The molecule has 0 bridgehead atoms. The van der Waals surface area contributed by atoms with E-state index in [1.165, 1.54) is 6.42 Å². The van der Waals surface area contributed by atoms with Crippen LogP contribution in [0.2, 0.25) is 0 Å². The van der Waals surface area contributed by atoms with Gasteiger partial charge in [0.2, 0.25) is 0 Å². The van der Waals surface area contributed by atoms with Crippen molar-refractivity contribution < 1.29 is 8.42 Å². The monoisotopic (exact) mass is 296 g/mol. The molecular formula is C15H24N2O2S. The van der Waals surface area contributed by atoms with Crippen LogP contribution in [0.3, 0.4) is 0 Å². The number of para-hydroxylation sites is 1. The molecule has 20 heavy (non-hydrogen) atoms. The molecular weight excluding hydrogens is 272 g/mol. The number of nitrogens with two attached hydrogens (primary N) is 1. The highest BCUT2D eigenvalue weighted by Crippen LogP contribution is 2.28. The summed E-state index contributed by atoms with van der Waals surface area (Å²) in [5, 5.41) is 3.26. The van der Waals surface area contributed by atoms with Crippen LogP contribution < -0.4 is 11.1 Å². The van der Waals surface area contributed by atoms with Gasteiger partial charge in [0.05, 0.1) is 16.3 Å². The van der Waals surface area contributed by atoms with Gasteiger partial charge in [-0.2, -0.15) is 0 Å². The van der Waals surface area contributed by atoms with Crippen molar-refractivity contribution >= 4 is 15.5 Å². The van der Waals surface area contributed by atoms with Gasteiger partial charge in [0.15, 0.2) is 9.84 Å². The van der Waals surface area contributed by atoms with E-state index in [1.54, 1.807) is 19.1 Å². The highest BCUT2D eigenvalue weighted by Gasteiger charge is 2.27. The number of benzene rings is 1. The molecule has 0 atom stereocenters. The average molecular weight is 296 g/mol. The van der Waals surface area contributed by atoms with E-state index in [2.05, 4.69) is 5.32 Å². The molecule has 1 aromatic rings. The summed E-state index contributed by atoms with van der Waals surface area (Å²) >= 11 is 0. The zero-order valence-corrected chi connectivity index (χ0v) is 12.9. The third-order valence-electron chi connectivity index (χ3n) is 4.08. The van der Waals surface area contributed by atoms with Crippen LogP contribution in [0.5, 0.6) is 0 Å². The van der Waals surface area contributed by atoms with Crippen LogP contribution in [-0.2, 0) is 9.84 Å². The van der Waals surface area contributed by atoms with Crippen molar-refractivity contribution in [1.29, 1.82) is 0 Å². The number of rotatable bonds is 5. The zero-order valence-electron chi connectivity index (χ0n) is 12.1. The second-order valence-electron chi connectivity index (χ2n) is 5.68. The largest absolute Gasteiger partial charge is 0.382 e. The van der Waals surface area contributed by atoms with Crippen LogP contribution >= 0.6 is 0 Å². The molecule has 0 amide bonds. The molecule has 0 spiro atoms. The van der Waals surface area contributed by atoms with Crippen molar-refractivity contribution in [3.8, 4) is 0 Å². The van der Waals surface area contributed by atoms with Gasteiger partial charge in [-0.25, -0.2) is 8.42 Å². The molecule has 1 aliphatic rings. The predicted octanol–water partition coefficient (Wildman–Crippen LogP) is 2.55. The maximum Gasteiger partial charge on any atom is 0.180 e. The quantitative estimate of drug-likeness (QED) is 0.876. The van der Waals surface area contributed by atoms with Gasteiger partial charge in [0.1, 0.15) is 0 Å². The van der Waals surface area contributed by atoms with E-state index in [0.29, 0.717) is 17.1 Å². The molecule has 112 valence electrons. The van der Waals surface area contributed by atoms with E-state index in [-0.39, 0.29) is 11.3 Å². The Morgan fingerprint density at radius 2 is 1.85 bits per heavy atom. The highest BCUT2D eigenvalue weighted by atomic mass is 32.2. The third-order valence-corrected chi connectivity index (χ3v) is 5.87. The van der Waals surface area contributed by atoms with Gasteiger partial charge in [0.25, 0.3) is 0 Å². The Morgan fingerprint density at radius 1 is 1.20 bits per heavy atom. The summed E-state index contributed by atoms with van der Waals surface area (Å²) in [6.45, 7) is 2.29. The van der Waals surface area contributed by atoms with E-state index < -0.39 is 9.84 Å². The van der Waals surface area contributed by atoms with E-state index in [0.717, 1.165) is 25.7 Å². The molecule has 3 N–H and O–H groups in total. The van der Waals surface area contributed by atoms with Crippen LogP contribution in [-0.4, -0.2) is 26.3 Å². The summed E-state index contributed by atoms with van der Waals surface area (Å²) in [6.07, 6.45) is 5.57. The van der Waals surface area contributed by atoms with Crippen molar-refractivity contribution in [2.45, 2.75) is 49.5 Å². The number of hydrogen-bond acceptors (Lipinski definition) is 4. The van der Waals surface area contributed by atoms with Crippen molar-refractivity contribution in [3.05, 3.63) is 24.3 Å². The Hall–Kier alpha value is -1.07. The third kappa shape index (κ3) is 3.52. The summed E-state index contributed by atoms with van der Waals surface area (Å²) in [5.74, 6) is 0.111. The minimum Gasteiger partial charge on any atom is -0.382 e. The van der Waals surface area contributed by atoms with E-state index in [4.69, 9.17) is 5.73 Å². The van der Waals surface area contributed by atoms with Gasteiger partial charge in [-0.3, -0.25) is 0 Å². The fraction of sp³-hybridized carbons (Fsp3) is 0.600.